The second kappa shape index (κ2) is 5.48. The fourth-order valence-electron chi connectivity index (χ4n) is 2.39. The molecule has 3 N–H and O–H groups in total. The first-order chi connectivity index (χ1) is 9.00. The van der Waals surface area contributed by atoms with Crippen LogP contribution in [0.1, 0.15) is 29.6 Å². The van der Waals surface area contributed by atoms with Gasteiger partial charge in [0.2, 0.25) is 5.91 Å². The fourth-order valence-corrected chi connectivity index (χ4v) is 2.65. The highest BCUT2D eigenvalue weighted by Gasteiger charge is 2.27. The molecule has 0 bridgehead atoms. The van der Waals surface area contributed by atoms with Gasteiger partial charge in [0.05, 0.1) is 10.6 Å². The zero-order valence-corrected chi connectivity index (χ0v) is 11.1. The van der Waals surface area contributed by atoms with Crippen molar-refractivity contribution in [1.82, 2.24) is 0 Å². The number of rotatable bonds is 3. The second-order valence-corrected chi connectivity index (χ2v) is 4.98. The quantitative estimate of drug-likeness (QED) is 0.887. The van der Waals surface area contributed by atoms with Gasteiger partial charge in [0.15, 0.2) is 0 Å². The van der Waals surface area contributed by atoms with Gasteiger partial charge in [-0.2, -0.15) is 0 Å². The summed E-state index contributed by atoms with van der Waals surface area (Å²) in [6.45, 7) is 0.719. The molecular formula is C13H15ClN2O3. The molecule has 0 spiro atoms. The van der Waals surface area contributed by atoms with E-state index in [1.54, 1.807) is 12.1 Å². The van der Waals surface area contributed by atoms with Gasteiger partial charge in [0.25, 0.3) is 0 Å². The van der Waals surface area contributed by atoms with E-state index in [-0.39, 0.29) is 22.5 Å². The average molecular weight is 283 g/mol. The number of aromatic carboxylic acids is 1. The first-order valence-corrected chi connectivity index (χ1v) is 6.47. The molecule has 0 aromatic heterocycles. The number of hydrogen-bond acceptors (Lipinski definition) is 3. The van der Waals surface area contributed by atoms with Gasteiger partial charge in [-0.05, 0) is 37.5 Å². The predicted molar refractivity (Wildman–Crippen MR) is 72.6 cm³/mol. The molecule has 1 aromatic rings. The van der Waals surface area contributed by atoms with Crippen molar-refractivity contribution in [2.24, 2.45) is 5.73 Å². The lowest BCUT2D eigenvalue weighted by Crippen LogP contribution is -2.47. The Morgan fingerprint density at radius 2 is 2.11 bits per heavy atom. The topological polar surface area (TPSA) is 83.6 Å². The third kappa shape index (κ3) is 2.81. The van der Waals surface area contributed by atoms with Gasteiger partial charge in [-0.1, -0.05) is 11.6 Å². The van der Waals surface area contributed by atoms with Gasteiger partial charge in [-0.25, -0.2) is 4.79 Å². The van der Waals surface area contributed by atoms with E-state index in [0.29, 0.717) is 6.42 Å². The minimum Gasteiger partial charge on any atom is -0.478 e. The van der Waals surface area contributed by atoms with E-state index in [4.69, 9.17) is 22.4 Å². The van der Waals surface area contributed by atoms with Crippen molar-refractivity contribution in [1.29, 1.82) is 0 Å². The fraction of sp³-hybridized carbons (Fsp3) is 0.385. The Kier molecular flexibility index (Phi) is 3.95. The Morgan fingerprint density at radius 3 is 2.68 bits per heavy atom. The van der Waals surface area contributed by atoms with Crippen molar-refractivity contribution in [3.63, 3.8) is 0 Å². The Labute approximate surface area is 116 Å². The van der Waals surface area contributed by atoms with E-state index in [1.807, 2.05) is 4.90 Å². The highest BCUT2D eigenvalue weighted by molar-refractivity contribution is 6.33. The summed E-state index contributed by atoms with van der Waals surface area (Å²) in [7, 11) is 0. The minimum atomic E-state index is -1.07. The molecule has 1 fully saturated rings. The molecule has 1 aliphatic rings. The summed E-state index contributed by atoms with van der Waals surface area (Å²) in [5.74, 6) is -1.43. The predicted octanol–water partition coefficient (Wildman–Crippen LogP) is 1.88. The SMILES string of the molecule is NC(=O)C1CCCCN1c1ccc(C(=O)O)c(Cl)c1. The van der Waals surface area contributed by atoms with Crippen LogP contribution in [0.25, 0.3) is 0 Å². The first-order valence-electron chi connectivity index (χ1n) is 6.09. The van der Waals surface area contributed by atoms with Gasteiger partial charge in [-0.15, -0.1) is 0 Å². The van der Waals surface area contributed by atoms with Crippen LogP contribution in [-0.2, 0) is 4.79 Å². The van der Waals surface area contributed by atoms with Crippen LogP contribution in [0.2, 0.25) is 5.02 Å². The van der Waals surface area contributed by atoms with Crippen molar-refractivity contribution in [2.45, 2.75) is 25.3 Å². The average Bonchev–Trinajstić information content (AvgIpc) is 2.38. The number of amides is 1. The summed E-state index contributed by atoms with van der Waals surface area (Å²) in [5.41, 5.74) is 6.19. The molecule has 5 nitrogen and oxygen atoms in total. The zero-order valence-electron chi connectivity index (χ0n) is 10.3. The summed E-state index contributed by atoms with van der Waals surface area (Å²) in [5, 5.41) is 9.10. The first kappa shape index (κ1) is 13.7. The summed E-state index contributed by atoms with van der Waals surface area (Å²) in [6, 6.07) is 4.34. The van der Waals surface area contributed by atoms with Gasteiger partial charge in [0.1, 0.15) is 6.04 Å². The lowest BCUT2D eigenvalue weighted by molar-refractivity contribution is -0.119. The molecule has 0 radical (unpaired) electrons. The van der Waals surface area contributed by atoms with Crippen LogP contribution in [0.15, 0.2) is 18.2 Å². The zero-order chi connectivity index (χ0) is 14.0. The van der Waals surface area contributed by atoms with Crippen molar-refractivity contribution < 1.29 is 14.7 Å². The van der Waals surface area contributed by atoms with E-state index in [0.717, 1.165) is 25.1 Å². The smallest absolute Gasteiger partial charge is 0.337 e. The molecule has 0 aliphatic carbocycles. The van der Waals surface area contributed by atoms with E-state index >= 15 is 0 Å². The number of carbonyl (C=O) groups excluding carboxylic acids is 1. The van der Waals surface area contributed by atoms with E-state index in [9.17, 15) is 9.59 Å². The molecule has 1 atom stereocenters. The van der Waals surface area contributed by atoms with E-state index in [1.165, 1.54) is 6.07 Å². The molecule has 1 aliphatic heterocycles. The summed E-state index contributed by atoms with van der Waals surface area (Å²) < 4.78 is 0. The number of hydrogen-bond donors (Lipinski definition) is 2. The second-order valence-electron chi connectivity index (χ2n) is 4.58. The number of halogens is 1. The highest BCUT2D eigenvalue weighted by atomic mass is 35.5. The van der Waals surface area contributed by atoms with Crippen LogP contribution in [-0.4, -0.2) is 29.6 Å². The van der Waals surface area contributed by atoms with Crippen LogP contribution >= 0.6 is 11.6 Å². The van der Waals surface area contributed by atoms with E-state index < -0.39 is 5.97 Å². The van der Waals surface area contributed by atoms with Crippen molar-refractivity contribution in [2.75, 3.05) is 11.4 Å². The molecule has 1 amide bonds. The molecule has 6 heteroatoms. The Morgan fingerprint density at radius 1 is 1.37 bits per heavy atom. The van der Waals surface area contributed by atoms with Crippen molar-refractivity contribution in [3.05, 3.63) is 28.8 Å². The van der Waals surface area contributed by atoms with Crippen LogP contribution in [0.5, 0.6) is 0 Å². The molecule has 102 valence electrons. The number of nitrogens with two attached hydrogens (primary N) is 1. The number of piperidine rings is 1. The highest BCUT2D eigenvalue weighted by Crippen LogP contribution is 2.28. The molecule has 1 heterocycles. The Hall–Kier alpha value is -1.75. The number of anilines is 1. The number of nitrogens with zero attached hydrogens (tertiary/aromatic N) is 1. The van der Waals surface area contributed by atoms with Crippen molar-refractivity contribution in [3.8, 4) is 0 Å². The van der Waals surface area contributed by atoms with Crippen LogP contribution in [0, 0.1) is 0 Å². The van der Waals surface area contributed by atoms with Gasteiger partial charge >= 0.3 is 5.97 Å². The molecule has 1 unspecified atom stereocenters. The Bertz CT molecular complexity index is 519. The molecule has 2 rings (SSSR count). The van der Waals surface area contributed by atoms with E-state index in [2.05, 4.69) is 0 Å². The maximum Gasteiger partial charge on any atom is 0.337 e. The van der Waals surface area contributed by atoms with Gasteiger partial charge in [0, 0.05) is 12.2 Å². The largest absolute Gasteiger partial charge is 0.478 e. The monoisotopic (exact) mass is 282 g/mol. The summed E-state index contributed by atoms with van der Waals surface area (Å²) in [6.07, 6.45) is 2.65. The molecule has 19 heavy (non-hydrogen) atoms. The van der Waals surface area contributed by atoms with Gasteiger partial charge in [-0.3, -0.25) is 4.79 Å². The molecule has 1 aromatic carbocycles. The molecule has 1 saturated heterocycles. The normalized spacial score (nSPS) is 19.2. The van der Waals surface area contributed by atoms with Gasteiger partial charge < -0.3 is 15.7 Å². The molecular weight excluding hydrogens is 268 g/mol. The Balaban J connectivity index is 2.32. The van der Waals surface area contributed by atoms with Crippen LogP contribution in [0.4, 0.5) is 5.69 Å². The van der Waals surface area contributed by atoms with Crippen LogP contribution in [0.3, 0.4) is 0 Å². The van der Waals surface area contributed by atoms with Crippen molar-refractivity contribution >= 4 is 29.2 Å². The minimum absolute atomic E-state index is 0.0538. The summed E-state index contributed by atoms with van der Waals surface area (Å²) in [4.78, 5) is 24.3. The number of primary amides is 1. The third-order valence-corrected chi connectivity index (χ3v) is 3.66. The third-order valence-electron chi connectivity index (χ3n) is 3.35. The number of carboxylic acids is 1. The maximum atomic E-state index is 11.5. The molecule has 0 saturated carbocycles. The number of carboxylic acid groups (broad SMARTS) is 1. The lowest BCUT2D eigenvalue weighted by atomic mass is 10.0. The standard InChI is InChI=1S/C13H15ClN2O3/c14-10-7-8(4-5-9(10)13(18)19)16-6-2-1-3-11(16)12(15)17/h4-5,7,11H,1-3,6H2,(H2,15,17)(H,18,19). The maximum absolute atomic E-state index is 11.5. The summed E-state index contributed by atoms with van der Waals surface area (Å²) >= 11 is 5.95. The van der Waals surface area contributed by atoms with Crippen LogP contribution < -0.4 is 10.6 Å². The number of carbonyl (C=O) groups is 2. The number of benzene rings is 1. The lowest BCUT2D eigenvalue weighted by Gasteiger charge is -2.35.